The summed E-state index contributed by atoms with van der Waals surface area (Å²) in [6.07, 6.45) is -0.588. The fraction of sp³-hybridized carbons (Fsp3) is 0.300. The Hall–Kier alpha value is -2.51. The molecular formula is C10H10N2O6. The number of nitro groups is 1. The second kappa shape index (κ2) is 4.40. The van der Waals surface area contributed by atoms with Crippen LogP contribution in [0.2, 0.25) is 0 Å². The molecule has 8 heteroatoms. The molecule has 2 rings (SSSR count). The molecule has 1 amide bonds. The lowest BCUT2D eigenvalue weighted by Crippen LogP contribution is -2.18. The molecule has 0 bridgehead atoms. The molecule has 1 aliphatic heterocycles. The first-order chi connectivity index (χ1) is 8.52. The molecule has 18 heavy (non-hydrogen) atoms. The van der Waals surface area contributed by atoms with Crippen LogP contribution in [0.5, 0.6) is 11.5 Å². The average molecular weight is 254 g/mol. The van der Waals surface area contributed by atoms with Gasteiger partial charge >= 0.3 is 11.8 Å². The summed E-state index contributed by atoms with van der Waals surface area (Å²) in [5.41, 5.74) is -0.0484. The van der Waals surface area contributed by atoms with E-state index in [1.807, 2.05) is 0 Å². The summed E-state index contributed by atoms with van der Waals surface area (Å²) in [6, 6.07) is 2.10. The minimum absolute atomic E-state index is 0.0275. The van der Waals surface area contributed by atoms with Crippen LogP contribution in [-0.4, -0.2) is 29.8 Å². The van der Waals surface area contributed by atoms with E-state index in [1.165, 1.54) is 19.2 Å². The van der Waals surface area contributed by atoms with E-state index in [9.17, 15) is 20.0 Å². The molecule has 2 N–H and O–H groups in total. The number of phenolic OH excluding ortho intramolecular Hbond substituents is 1. The number of cyclic esters (lactones) is 1. The van der Waals surface area contributed by atoms with Gasteiger partial charge in [0.05, 0.1) is 18.1 Å². The number of alkyl carbamates (subject to hydrolysis) is 1. The lowest BCUT2D eigenvalue weighted by atomic mass is 10.1. The van der Waals surface area contributed by atoms with E-state index in [0.717, 1.165) is 0 Å². The van der Waals surface area contributed by atoms with Crippen molar-refractivity contribution in [3.8, 4) is 11.5 Å². The first kappa shape index (κ1) is 12.0. The summed E-state index contributed by atoms with van der Waals surface area (Å²) in [6.45, 7) is 0.0733. The number of nitrogens with zero attached hydrogens (tertiary/aromatic N) is 1. The molecule has 0 spiro atoms. The number of aromatic hydroxyl groups is 1. The van der Waals surface area contributed by atoms with Gasteiger partial charge in [-0.3, -0.25) is 10.1 Å². The maximum atomic E-state index is 10.9. The van der Waals surface area contributed by atoms with Crippen LogP contribution in [0.25, 0.3) is 0 Å². The van der Waals surface area contributed by atoms with Crippen LogP contribution in [0.4, 0.5) is 10.5 Å². The fourth-order valence-electron chi connectivity index (χ4n) is 1.67. The number of phenols is 1. The minimum Gasteiger partial charge on any atom is -0.500 e. The van der Waals surface area contributed by atoms with E-state index < -0.39 is 28.5 Å². The minimum atomic E-state index is -0.723. The first-order valence-electron chi connectivity index (χ1n) is 5.01. The number of ether oxygens (including phenoxy) is 2. The SMILES string of the molecule is COc1cc([C@@H]2COC(=O)N2)cc([N+](=O)[O-])c1O. The molecular weight excluding hydrogens is 244 g/mol. The molecule has 1 fully saturated rings. The standard InChI is InChI=1S/C10H10N2O6/c1-17-8-3-5(6-4-18-10(14)11-6)2-7(9(8)13)12(15)16/h2-3,6,13H,4H2,1H3,(H,11,14)/t6-/m0/s1. The largest absolute Gasteiger partial charge is 0.500 e. The topological polar surface area (TPSA) is 111 Å². The summed E-state index contributed by atoms with van der Waals surface area (Å²) >= 11 is 0. The molecule has 0 radical (unpaired) electrons. The van der Waals surface area contributed by atoms with Crippen molar-refractivity contribution in [2.75, 3.05) is 13.7 Å². The summed E-state index contributed by atoms with van der Waals surface area (Å²) < 4.78 is 9.56. The lowest BCUT2D eigenvalue weighted by Gasteiger charge is -2.11. The summed E-state index contributed by atoms with van der Waals surface area (Å²) in [7, 11) is 1.28. The maximum absolute atomic E-state index is 10.9. The van der Waals surface area contributed by atoms with Crippen molar-refractivity contribution >= 4 is 11.8 Å². The number of nitrogens with one attached hydrogen (secondary N) is 1. The average Bonchev–Trinajstić information content (AvgIpc) is 2.76. The van der Waals surface area contributed by atoms with Crippen LogP contribution in [-0.2, 0) is 4.74 Å². The second-order valence-corrected chi connectivity index (χ2v) is 3.64. The summed E-state index contributed by atoms with van der Waals surface area (Å²) in [4.78, 5) is 21.0. The smallest absolute Gasteiger partial charge is 0.407 e. The van der Waals surface area contributed by atoms with Gasteiger partial charge in [0, 0.05) is 6.07 Å². The Labute approximate surface area is 101 Å². The van der Waals surface area contributed by atoms with Gasteiger partial charge in [-0.15, -0.1) is 0 Å². The summed E-state index contributed by atoms with van der Waals surface area (Å²) in [5.74, 6) is -0.572. The van der Waals surface area contributed by atoms with E-state index in [0.29, 0.717) is 5.56 Å². The Kier molecular flexibility index (Phi) is 2.92. The molecule has 1 atom stereocenters. The number of carbonyl (C=O) groups is 1. The quantitative estimate of drug-likeness (QED) is 0.617. The second-order valence-electron chi connectivity index (χ2n) is 3.64. The number of hydrogen-bond acceptors (Lipinski definition) is 6. The van der Waals surface area contributed by atoms with Gasteiger partial charge < -0.3 is 19.9 Å². The van der Waals surface area contributed by atoms with Gasteiger partial charge in [0.15, 0.2) is 5.75 Å². The molecule has 0 aliphatic carbocycles. The van der Waals surface area contributed by atoms with E-state index >= 15 is 0 Å². The van der Waals surface area contributed by atoms with Crippen LogP contribution < -0.4 is 10.1 Å². The highest BCUT2D eigenvalue weighted by molar-refractivity contribution is 5.70. The number of carbonyl (C=O) groups excluding carboxylic acids is 1. The predicted molar refractivity (Wildman–Crippen MR) is 58.5 cm³/mol. The number of amides is 1. The maximum Gasteiger partial charge on any atom is 0.407 e. The van der Waals surface area contributed by atoms with Crippen molar-refractivity contribution in [1.29, 1.82) is 0 Å². The van der Waals surface area contributed by atoms with E-state index in [4.69, 9.17) is 9.47 Å². The molecule has 1 aromatic carbocycles. The third kappa shape index (κ3) is 1.99. The molecule has 1 heterocycles. The predicted octanol–water partition coefficient (Wildman–Crippen LogP) is 1.09. The van der Waals surface area contributed by atoms with Crippen molar-refractivity contribution in [3.63, 3.8) is 0 Å². The molecule has 0 aromatic heterocycles. The van der Waals surface area contributed by atoms with Crippen LogP contribution in [0, 0.1) is 10.1 Å². The Morgan fingerprint density at radius 3 is 2.83 bits per heavy atom. The highest BCUT2D eigenvalue weighted by atomic mass is 16.6. The molecule has 1 aliphatic rings. The number of benzene rings is 1. The van der Waals surface area contributed by atoms with Gasteiger partial charge in [-0.1, -0.05) is 0 Å². The van der Waals surface area contributed by atoms with Gasteiger partial charge in [-0.05, 0) is 11.6 Å². The Bertz CT molecular complexity index is 515. The summed E-state index contributed by atoms with van der Waals surface area (Å²) in [5, 5.41) is 22.9. The van der Waals surface area contributed by atoms with Crippen molar-refractivity contribution in [2.45, 2.75) is 6.04 Å². The third-order valence-corrected chi connectivity index (χ3v) is 2.57. The van der Waals surface area contributed by atoms with Crippen molar-refractivity contribution in [3.05, 3.63) is 27.8 Å². The normalized spacial score (nSPS) is 18.1. The van der Waals surface area contributed by atoms with Crippen LogP contribution in [0.1, 0.15) is 11.6 Å². The highest BCUT2D eigenvalue weighted by Crippen LogP contribution is 2.38. The number of rotatable bonds is 3. The third-order valence-electron chi connectivity index (χ3n) is 2.57. The van der Waals surface area contributed by atoms with Gasteiger partial charge in [-0.2, -0.15) is 0 Å². The Morgan fingerprint density at radius 1 is 1.61 bits per heavy atom. The monoisotopic (exact) mass is 254 g/mol. The lowest BCUT2D eigenvalue weighted by molar-refractivity contribution is -0.386. The number of hydrogen-bond donors (Lipinski definition) is 2. The van der Waals surface area contributed by atoms with Gasteiger partial charge in [0.25, 0.3) is 0 Å². The molecule has 8 nitrogen and oxygen atoms in total. The molecule has 0 unspecified atom stereocenters. The Morgan fingerprint density at radius 2 is 2.33 bits per heavy atom. The zero-order chi connectivity index (χ0) is 13.3. The molecule has 0 saturated carbocycles. The van der Waals surface area contributed by atoms with E-state index in [2.05, 4.69) is 5.32 Å². The van der Waals surface area contributed by atoms with E-state index in [-0.39, 0.29) is 12.4 Å². The fourth-order valence-corrected chi connectivity index (χ4v) is 1.67. The van der Waals surface area contributed by atoms with Crippen LogP contribution in [0.3, 0.4) is 0 Å². The number of nitro benzene ring substituents is 1. The van der Waals surface area contributed by atoms with Gasteiger partial charge in [0.1, 0.15) is 6.61 Å². The number of methoxy groups -OCH3 is 1. The van der Waals surface area contributed by atoms with Crippen LogP contribution >= 0.6 is 0 Å². The zero-order valence-corrected chi connectivity index (χ0v) is 9.37. The molecule has 96 valence electrons. The Balaban J connectivity index is 2.45. The van der Waals surface area contributed by atoms with Crippen molar-refractivity contribution < 1.29 is 24.3 Å². The highest BCUT2D eigenvalue weighted by Gasteiger charge is 2.28. The molecule has 1 aromatic rings. The van der Waals surface area contributed by atoms with Gasteiger partial charge in [0.2, 0.25) is 5.75 Å². The van der Waals surface area contributed by atoms with Crippen molar-refractivity contribution in [2.24, 2.45) is 0 Å². The molecule has 1 saturated heterocycles. The first-order valence-corrected chi connectivity index (χ1v) is 5.01. The van der Waals surface area contributed by atoms with E-state index in [1.54, 1.807) is 0 Å². The van der Waals surface area contributed by atoms with Crippen molar-refractivity contribution in [1.82, 2.24) is 5.32 Å². The zero-order valence-electron chi connectivity index (χ0n) is 9.37. The van der Waals surface area contributed by atoms with Crippen LogP contribution in [0.15, 0.2) is 12.1 Å². The van der Waals surface area contributed by atoms with Gasteiger partial charge in [-0.25, -0.2) is 4.79 Å².